The summed E-state index contributed by atoms with van der Waals surface area (Å²) in [5, 5.41) is 3.94. The van der Waals surface area contributed by atoms with Crippen LogP contribution >= 0.6 is 0 Å². The third kappa shape index (κ3) is 3.99. The topological polar surface area (TPSA) is 104 Å². The summed E-state index contributed by atoms with van der Waals surface area (Å²) in [5.41, 5.74) is 5.87. The predicted molar refractivity (Wildman–Crippen MR) is 132 cm³/mol. The summed E-state index contributed by atoms with van der Waals surface area (Å²) < 4.78 is 7.22. The molecular formula is C25H24N6O3. The van der Waals surface area contributed by atoms with Crippen LogP contribution in [0.1, 0.15) is 5.69 Å². The Bertz CT molecular complexity index is 1540. The van der Waals surface area contributed by atoms with E-state index in [-0.39, 0.29) is 5.69 Å². The fourth-order valence-corrected chi connectivity index (χ4v) is 3.82. The highest BCUT2D eigenvalue weighted by atomic mass is 16.5. The second-order valence-electron chi connectivity index (χ2n) is 7.52. The molecule has 0 saturated heterocycles. The first kappa shape index (κ1) is 22.7. The summed E-state index contributed by atoms with van der Waals surface area (Å²) in [7, 11) is 4.92. The Morgan fingerprint density at radius 2 is 1.79 bits per heavy atom. The van der Waals surface area contributed by atoms with Gasteiger partial charge in [-0.15, -0.1) is 0 Å². The lowest BCUT2D eigenvalue weighted by molar-refractivity contribution is -0.126. The van der Waals surface area contributed by atoms with Gasteiger partial charge in [0.25, 0.3) is 6.47 Å². The van der Waals surface area contributed by atoms with E-state index in [1.54, 1.807) is 28.6 Å². The number of benzene rings is 1. The van der Waals surface area contributed by atoms with Gasteiger partial charge < -0.3 is 10.1 Å². The van der Waals surface area contributed by atoms with Crippen LogP contribution in [-0.2, 0) is 16.6 Å². The van der Waals surface area contributed by atoms with Crippen molar-refractivity contribution in [1.29, 1.82) is 0 Å². The number of anilines is 1. The number of nitrogens with zero attached hydrogens (tertiary/aromatic N) is 5. The van der Waals surface area contributed by atoms with Crippen molar-refractivity contribution in [2.75, 3.05) is 19.5 Å². The van der Waals surface area contributed by atoms with Crippen molar-refractivity contribution < 1.29 is 9.53 Å². The number of pyridine rings is 3. The van der Waals surface area contributed by atoms with Crippen LogP contribution in [-0.4, -0.2) is 44.7 Å². The molecule has 0 radical (unpaired) electrons. The molecule has 5 aromatic rings. The number of nitrogens with one attached hydrogen (secondary N) is 1. The molecule has 9 heteroatoms. The van der Waals surface area contributed by atoms with Crippen LogP contribution in [0.4, 0.5) is 5.82 Å². The number of methoxy groups -OCH3 is 1. The quantitative estimate of drug-likeness (QED) is 0.413. The lowest BCUT2D eigenvalue weighted by Gasteiger charge is -2.09. The van der Waals surface area contributed by atoms with E-state index in [2.05, 4.69) is 31.1 Å². The van der Waals surface area contributed by atoms with Crippen LogP contribution in [0.25, 0.3) is 38.8 Å². The Kier molecular flexibility index (Phi) is 6.35. The first-order valence-corrected chi connectivity index (χ1v) is 10.5. The number of ether oxygens (including phenoxy) is 1. The van der Waals surface area contributed by atoms with Crippen molar-refractivity contribution >= 4 is 34.2 Å². The van der Waals surface area contributed by atoms with Crippen LogP contribution in [0.15, 0.2) is 65.8 Å². The number of carbonyl (C=O) groups is 1. The molecule has 0 aliphatic rings. The average molecular weight is 457 g/mol. The molecule has 172 valence electrons. The highest BCUT2D eigenvalue weighted by Gasteiger charge is 2.18. The molecule has 9 nitrogen and oxygen atoms in total. The van der Waals surface area contributed by atoms with Crippen molar-refractivity contribution in [2.24, 2.45) is 7.05 Å². The van der Waals surface area contributed by atoms with E-state index in [0.29, 0.717) is 6.47 Å². The smallest absolute Gasteiger partial charge is 0.333 e. The van der Waals surface area contributed by atoms with Crippen LogP contribution < -0.4 is 11.0 Å². The third-order valence-electron chi connectivity index (χ3n) is 5.55. The van der Waals surface area contributed by atoms with E-state index >= 15 is 0 Å². The monoisotopic (exact) mass is 456 g/mol. The lowest BCUT2D eigenvalue weighted by atomic mass is 10.0. The van der Waals surface area contributed by atoms with E-state index < -0.39 is 0 Å². The summed E-state index contributed by atoms with van der Waals surface area (Å²) in [4.78, 5) is 35.5. The number of hydrogen-bond acceptors (Lipinski definition) is 7. The van der Waals surface area contributed by atoms with Gasteiger partial charge in [0.05, 0.1) is 41.2 Å². The number of fused-ring (bicyclic) bond motifs is 3. The van der Waals surface area contributed by atoms with Gasteiger partial charge in [-0.05, 0) is 48.9 Å². The number of aryl methyl sites for hydroxylation is 2. The molecule has 4 heterocycles. The van der Waals surface area contributed by atoms with Crippen LogP contribution in [0.3, 0.4) is 0 Å². The van der Waals surface area contributed by atoms with Gasteiger partial charge in [-0.25, -0.2) is 9.78 Å². The van der Waals surface area contributed by atoms with Gasteiger partial charge in [0, 0.05) is 37.4 Å². The molecule has 1 aromatic carbocycles. The highest BCUT2D eigenvalue weighted by molar-refractivity contribution is 6.04. The predicted octanol–water partition coefficient (Wildman–Crippen LogP) is 3.47. The Morgan fingerprint density at radius 3 is 2.44 bits per heavy atom. The second kappa shape index (κ2) is 9.53. The molecule has 4 aromatic heterocycles. The largest absolute Gasteiger partial charge is 0.471 e. The molecule has 1 N–H and O–H groups in total. The van der Waals surface area contributed by atoms with E-state index in [9.17, 15) is 4.79 Å². The molecule has 0 unspecified atom stereocenters. The number of rotatable bonds is 4. The zero-order chi connectivity index (χ0) is 24.2. The fraction of sp³-hybridized carbons (Fsp3) is 0.160. The van der Waals surface area contributed by atoms with E-state index in [0.717, 1.165) is 50.3 Å². The second-order valence-corrected chi connectivity index (χ2v) is 7.52. The lowest BCUT2D eigenvalue weighted by Crippen LogP contribution is -2.21. The van der Waals surface area contributed by atoms with Gasteiger partial charge in [-0.3, -0.25) is 23.9 Å². The number of carbonyl (C=O) groups excluding carboxylic acids is 1. The maximum Gasteiger partial charge on any atom is 0.333 e. The minimum Gasteiger partial charge on any atom is -0.471 e. The van der Waals surface area contributed by atoms with Crippen molar-refractivity contribution in [1.82, 2.24) is 24.1 Å². The summed E-state index contributed by atoms with van der Waals surface area (Å²) in [5.74, 6) is 0.813. The molecule has 0 aliphatic heterocycles. The minimum atomic E-state index is -0.124. The van der Waals surface area contributed by atoms with Crippen LogP contribution in [0.2, 0.25) is 0 Å². The molecule has 0 atom stereocenters. The van der Waals surface area contributed by atoms with Crippen molar-refractivity contribution in [3.05, 3.63) is 77.2 Å². The Balaban J connectivity index is 0.000000636. The Hall–Kier alpha value is -4.53. The normalized spacial score (nSPS) is 10.6. The van der Waals surface area contributed by atoms with E-state index in [1.807, 2.05) is 56.6 Å². The van der Waals surface area contributed by atoms with E-state index in [1.165, 1.54) is 7.11 Å². The molecule has 5 rings (SSSR count). The summed E-state index contributed by atoms with van der Waals surface area (Å²) in [6.07, 6.45) is 5.32. The maximum absolute atomic E-state index is 13.2. The van der Waals surface area contributed by atoms with Crippen LogP contribution in [0, 0.1) is 6.92 Å². The van der Waals surface area contributed by atoms with Gasteiger partial charge in [-0.2, -0.15) is 0 Å². The zero-order valence-corrected chi connectivity index (χ0v) is 19.3. The van der Waals surface area contributed by atoms with Gasteiger partial charge in [0.1, 0.15) is 5.82 Å². The molecule has 0 bridgehead atoms. The number of hydrogen-bond donors (Lipinski definition) is 1. The summed E-state index contributed by atoms with van der Waals surface area (Å²) in [6, 6.07) is 13.8. The van der Waals surface area contributed by atoms with E-state index in [4.69, 9.17) is 4.79 Å². The maximum atomic E-state index is 13.2. The average Bonchev–Trinajstić information content (AvgIpc) is 3.14. The van der Waals surface area contributed by atoms with Gasteiger partial charge >= 0.3 is 5.69 Å². The Labute approximate surface area is 195 Å². The zero-order valence-electron chi connectivity index (χ0n) is 19.3. The first-order valence-electron chi connectivity index (χ1n) is 10.5. The summed E-state index contributed by atoms with van der Waals surface area (Å²) >= 11 is 0. The van der Waals surface area contributed by atoms with Crippen LogP contribution in [0.5, 0.6) is 0 Å². The van der Waals surface area contributed by atoms with Crippen molar-refractivity contribution in [3.63, 3.8) is 0 Å². The summed E-state index contributed by atoms with van der Waals surface area (Å²) in [6.45, 7) is 2.28. The molecule has 0 amide bonds. The Morgan fingerprint density at radius 1 is 1.03 bits per heavy atom. The molecule has 0 spiro atoms. The van der Waals surface area contributed by atoms with Gasteiger partial charge in [0.15, 0.2) is 0 Å². The van der Waals surface area contributed by atoms with Crippen molar-refractivity contribution in [3.8, 4) is 16.8 Å². The molecule has 0 aliphatic carbocycles. The first-order chi connectivity index (χ1) is 16.5. The molecule has 34 heavy (non-hydrogen) atoms. The molecule has 0 fully saturated rings. The number of imidazole rings is 1. The third-order valence-corrected chi connectivity index (χ3v) is 5.55. The van der Waals surface area contributed by atoms with Gasteiger partial charge in [-0.1, -0.05) is 6.07 Å². The van der Waals surface area contributed by atoms with Gasteiger partial charge in [0.2, 0.25) is 0 Å². The standard InChI is InChI=1S/C23H20N6O.C2H4O2/c1-14-19(5-4-10-25-14)29-22-17-11-15(16-7-9-21(24-2)27-12-16)6-8-18(17)26-13-20(22)28(3)23(29)30;1-4-2-3/h4-13H,1-3H3,(H,24,27);2H,1H3. The number of aromatic nitrogens is 5. The molecular weight excluding hydrogens is 432 g/mol. The fourth-order valence-electron chi connectivity index (χ4n) is 3.82. The SMILES string of the molecule is CNc1ccc(-c2ccc3ncc4c(c3c2)n(-c2cccnc2C)c(=O)n4C)cn1.COC=O. The van der Waals surface area contributed by atoms with Crippen molar-refractivity contribution in [2.45, 2.75) is 6.92 Å². The molecule has 0 saturated carbocycles. The minimum absolute atomic E-state index is 0.124. The highest BCUT2D eigenvalue weighted by Crippen LogP contribution is 2.30.